The van der Waals surface area contributed by atoms with Gasteiger partial charge in [-0.2, -0.15) is 0 Å². The molecule has 1 nitrogen and oxygen atoms in total. The summed E-state index contributed by atoms with van der Waals surface area (Å²) in [5.41, 5.74) is 4.70. The predicted octanol–water partition coefficient (Wildman–Crippen LogP) is 5.76. The van der Waals surface area contributed by atoms with Crippen molar-refractivity contribution in [2.45, 2.75) is 31.8 Å². The van der Waals surface area contributed by atoms with E-state index in [9.17, 15) is 0 Å². The average Bonchev–Trinajstić information content (AvgIpc) is 2.67. The predicted molar refractivity (Wildman–Crippen MR) is 98.9 cm³/mol. The molecular weight excluding hydrogens is 292 g/mol. The second-order valence-electron chi connectivity index (χ2n) is 6.25. The van der Waals surface area contributed by atoms with Gasteiger partial charge in [0.15, 0.2) is 6.10 Å². The summed E-state index contributed by atoms with van der Waals surface area (Å²) < 4.78 is 6.25. The Morgan fingerprint density at radius 1 is 0.917 bits per heavy atom. The minimum Gasteiger partial charge on any atom is -0.472 e. The van der Waals surface area contributed by atoms with Gasteiger partial charge in [0.2, 0.25) is 0 Å². The Hall–Kier alpha value is -2.72. The summed E-state index contributed by atoms with van der Waals surface area (Å²) >= 11 is 0. The van der Waals surface area contributed by atoms with Crippen LogP contribution in [-0.2, 0) is 4.74 Å². The molecule has 0 radical (unpaired) electrons. The summed E-state index contributed by atoms with van der Waals surface area (Å²) in [6.45, 7) is 0. The van der Waals surface area contributed by atoms with E-state index in [1.807, 2.05) is 18.2 Å². The standard InChI is InChI=1S/C23H20O/c1-3-9-18(10-4-1)15-16-22-21-14-8-7-13-20(21)17-23(24-22)19-11-5-2-6-12-19/h2,5-9,11-14,17,22H,1,3-4,10H2. The smallest absolute Gasteiger partial charge is 0.185 e. The van der Waals surface area contributed by atoms with Gasteiger partial charge < -0.3 is 4.74 Å². The highest BCUT2D eigenvalue weighted by atomic mass is 16.5. The molecule has 0 fully saturated rings. The van der Waals surface area contributed by atoms with Crippen LogP contribution in [0.15, 0.2) is 66.2 Å². The highest BCUT2D eigenvalue weighted by Crippen LogP contribution is 2.35. The van der Waals surface area contributed by atoms with E-state index in [0.29, 0.717) is 0 Å². The molecule has 1 heteroatoms. The van der Waals surface area contributed by atoms with Crippen LogP contribution in [0.1, 0.15) is 48.5 Å². The first-order valence-electron chi connectivity index (χ1n) is 8.63. The van der Waals surface area contributed by atoms with Crippen molar-refractivity contribution in [1.29, 1.82) is 0 Å². The Kier molecular flexibility index (Phi) is 4.21. The van der Waals surface area contributed by atoms with E-state index in [-0.39, 0.29) is 6.10 Å². The van der Waals surface area contributed by atoms with Crippen molar-refractivity contribution >= 4 is 11.8 Å². The molecular formula is C23H20O. The van der Waals surface area contributed by atoms with Crippen molar-refractivity contribution < 1.29 is 4.74 Å². The van der Waals surface area contributed by atoms with Gasteiger partial charge in [0.05, 0.1) is 0 Å². The molecule has 0 saturated carbocycles. The normalized spacial score (nSPS) is 19.1. The number of ether oxygens (including phenoxy) is 1. The zero-order chi connectivity index (χ0) is 16.2. The molecule has 2 aromatic rings. The number of fused-ring (bicyclic) bond motifs is 1. The van der Waals surface area contributed by atoms with Gasteiger partial charge in [-0.1, -0.05) is 66.6 Å². The molecule has 0 N–H and O–H groups in total. The SMILES string of the molecule is C(#CC1OC(c2ccccc2)=Cc2ccccc21)C1=CCCCC1. The van der Waals surface area contributed by atoms with Crippen molar-refractivity contribution in [2.24, 2.45) is 0 Å². The zero-order valence-corrected chi connectivity index (χ0v) is 13.7. The molecule has 0 bridgehead atoms. The largest absolute Gasteiger partial charge is 0.472 e. The minimum atomic E-state index is -0.204. The first kappa shape index (κ1) is 14.8. The molecule has 0 spiro atoms. The van der Waals surface area contributed by atoms with Crippen molar-refractivity contribution in [3.63, 3.8) is 0 Å². The van der Waals surface area contributed by atoms with Crippen LogP contribution in [0.5, 0.6) is 0 Å². The van der Waals surface area contributed by atoms with Gasteiger partial charge >= 0.3 is 0 Å². The Balaban J connectivity index is 1.69. The summed E-state index contributed by atoms with van der Waals surface area (Å²) in [6.07, 6.45) is 8.97. The molecule has 1 atom stereocenters. The Labute approximate surface area is 143 Å². The van der Waals surface area contributed by atoms with Crippen molar-refractivity contribution in [2.75, 3.05) is 0 Å². The monoisotopic (exact) mass is 312 g/mol. The third-order valence-corrected chi connectivity index (χ3v) is 4.52. The molecule has 24 heavy (non-hydrogen) atoms. The van der Waals surface area contributed by atoms with Gasteiger partial charge in [-0.3, -0.25) is 0 Å². The van der Waals surface area contributed by atoms with Crippen LogP contribution in [0.25, 0.3) is 11.8 Å². The Bertz CT molecular complexity index is 846. The first-order chi connectivity index (χ1) is 11.9. The highest BCUT2D eigenvalue weighted by Gasteiger charge is 2.21. The van der Waals surface area contributed by atoms with Gasteiger partial charge in [0, 0.05) is 11.1 Å². The number of benzene rings is 2. The topological polar surface area (TPSA) is 9.23 Å². The molecule has 0 aromatic heterocycles. The molecule has 2 aromatic carbocycles. The van der Waals surface area contributed by atoms with Gasteiger partial charge in [0.1, 0.15) is 5.76 Å². The first-order valence-corrected chi connectivity index (χ1v) is 8.63. The highest BCUT2D eigenvalue weighted by molar-refractivity contribution is 5.80. The minimum absolute atomic E-state index is 0.204. The molecule has 1 unspecified atom stereocenters. The number of hydrogen-bond donors (Lipinski definition) is 0. The summed E-state index contributed by atoms with van der Waals surface area (Å²) in [6, 6.07) is 18.6. The third kappa shape index (κ3) is 3.14. The molecule has 4 rings (SSSR count). The molecule has 1 aliphatic carbocycles. The third-order valence-electron chi connectivity index (χ3n) is 4.52. The molecule has 1 heterocycles. The molecule has 1 aliphatic heterocycles. The van der Waals surface area contributed by atoms with E-state index in [0.717, 1.165) is 29.7 Å². The fourth-order valence-electron chi connectivity index (χ4n) is 3.22. The van der Waals surface area contributed by atoms with Crippen LogP contribution in [0.3, 0.4) is 0 Å². The van der Waals surface area contributed by atoms with Gasteiger partial charge in [-0.05, 0) is 48.8 Å². The lowest BCUT2D eigenvalue weighted by molar-refractivity contribution is 0.222. The lowest BCUT2D eigenvalue weighted by Crippen LogP contribution is -2.08. The molecule has 118 valence electrons. The maximum Gasteiger partial charge on any atom is 0.185 e. The van der Waals surface area contributed by atoms with Crippen molar-refractivity contribution in [3.8, 4) is 11.8 Å². The summed E-state index contributed by atoms with van der Waals surface area (Å²) in [5, 5.41) is 0. The Morgan fingerprint density at radius 2 is 1.75 bits per heavy atom. The van der Waals surface area contributed by atoms with Crippen molar-refractivity contribution in [3.05, 3.63) is 82.9 Å². The zero-order valence-electron chi connectivity index (χ0n) is 13.7. The van der Waals surface area contributed by atoms with Crippen LogP contribution in [0, 0.1) is 11.8 Å². The fourth-order valence-corrected chi connectivity index (χ4v) is 3.22. The van der Waals surface area contributed by atoms with Crippen LogP contribution >= 0.6 is 0 Å². The number of hydrogen-bond acceptors (Lipinski definition) is 1. The lowest BCUT2D eigenvalue weighted by Gasteiger charge is -2.24. The Morgan fingerprint density at radius 3 is 2.58 bits per heavy atom. The van der Waals surface area contributed by atoms with E-state index >= 15 is 0 Å². The maximum absolute atomic E-state index is 6.25. The average molecular weight is 312 g/mol. The van der Waals surface area contributed by atoms with E-state index < -0.39 is 0 Å². The van der Waals surface area contributed by atoms with Crippen LogP contribution in [-0.4, -0.2) is 0 Å². The van der Waals surface area contributed by atoms with Gasteiger partial charge in [-0.15, -0.1) is 0 Å². The number of rotatable bonds is 1. The quantitative estimate of drug-likeness (QED) is 0.608. The fraction of sp³-hybridized carbons (Fsp3) is 0.217. The van der Waals surface area contributed by atoms with E-state index in [1.54, 1.807) is 0 Å². The molecule has 0 amide bonds. The maximum atomic E-state index is 6.25. The van der Waals surface area contributed by atoms with E-state index in [4.69, 9.17) is 4.74 Å². The van der Waals surface area contributed by atoms with Crippen molar-refractivity contribution in [1.82, 2.24) is 0 Å². The lowest BCUT2D eigenvalue weighted by atomic mass is 9.96. The van der Waals surface area contributed by atoms with E-state index in [2.05, 4.69) is 60.4 Å². The summed E-state index contributed by atoms with van der Waals surface area (Å²) in [4.78, 5) is 0. The second-order valence-corrected chi connectivity index (χ2v) is 6.25. The molecule has 2 aliphatic rings. The summed E-state index contributed by atoms with van der Waals surface area (Å²) in [7, 11) is 0. The number of allylic oxidation sites excluding steroid dienone is 2. The van der Waals surface area contributed by atoms with Crippen LogP contribution in [0.2, 0.25) is 0 Å². The second kappa shape index (κ2) is 6.81. The van der Waals surface area contributed by atoms with Crippen LogP contribution in [0.4, 0.5) is 0 Å². The van der Waals surface area contributed by atoms with Crippen LogP contribution < -0.4 is 0 Å². The van der Waals surface area contributed by atoms with E-state index in [1.165, 1.54) is 24.0 Å². The van der Waals surface area contributed by atoms with Gasteiger partial charge in [0.25, 0.3) is 0 Å². The molecule has 0 saturated heterocycles. The summed E-state index contributed by atoms with van der Waals surface area (Å²) in [5.74, 6) is 7.62. The van der Waals surface area contributed by atoms with Gasteiger partial charge in [-0.25, -0.2) is 0 Å².